The summed E-state index contributed by atoms with van der Waals surface area (Å²) in [5, 5.41) is 0. The molecule has 3 amide bonds. The summed E-state index contributed by atoms with van der Waals surface area (Å²) >= 11 is 0. The highest BCUT2D eigenvalue weighted by molar-refractivity contribution is 6.04. The fourth-order valence-electron chi connectivity index (χ4n) is 2.73. The third-order valence-corrected chi connectivity index (χ3v) is 3.90. The standard InChI is InChI=1S/C13H17N3O3/c1-8-9(2)19-11(14-8)7-16-12(17)10-5-3-4-6-15(10)13(16)18/h10H,3-7H2,1-2H3/t10-/m0/s1. The number of rotatable bonds is 2. The number of oxazole rings is 1. The maximum atomic E-state index is 12.2. The molecule has 0 aromatic carbocycles. The Morgan fingerprint density at radius 2 is 2.11 bits per heavy atom. The first-order valence-electron chi connectivity index (χ1n) is 6.63. The highest BCUT2D eigenvalue weighted by atomic mass is 16.4. The van der Waals surface area contributed by atoms with Crippen LogP contribution in [0.5, 0.6) is 0 Å². The van der Waals surface area contributed by atoms with Crippen molar-refractivity contribution in [1.29, 1.82) is 0 Å². The first-order chi connectivity index (χ1) is 9.08. The number of nitrogens with zero attached hydrogens (tertiary/aromatic N) is 3. The first-order valence-corrected chi connectivity index (χ1v) is 6.63. The number of urea groups is 1. The minimum atomic E-state index is -0.265. The number of imide groups is 1. The van der Waals surface area contributed by atoms with Crippen LogP contribution in [0.2, 0.25) is 0 Å². The number of fused-ring (bicyclic) bond motifs is 1. The highest BCUT2D eigenvalue weighted by Crippen LogP contribution is 2.27. The molecule has 102 valence electrons. The van der Waals surface area contributed by atoms with Gasteiger partial charge in [-0.15, -0.1) is 0 Å². The molecule has 2 fully saturated rings. The zero-order chi connectivity index (χ0) is 13.6. The van der Waals surface area contributed by atoms with Crippen LogP contribution in [0.4, 0.5) is 4.79 Å². The summed E-state index contributed by atoms with van der Waals surface area (Å²) < 4.78 is 5.45. The van der Waals surface area contributed by atoms with Gasteiger partial charge in [0.25, 0.3) is 5.91 Å². The molecule has 0 unspecified atom stereocenters. The fraction of sp³-hybridized carbons (Fsp3) is 0.615. The first kappa shape index (κ1) is 12.2. The lowest BCUT2D eigenvalue weighted by Crippen LogP contribution is -2.38. The molecule has 3 heterocycles. The Labute approximate surface area is 111 Å². The van der Waals surface area contributed by atoms with Crippen molar-refractivity contribution in [3.8, 4) is 0 Å². The summed E-state index contributed by atoms with van der Waals surface area (Å²) in [6.45, 7) is 4.48. The molecule has 2 saturated heterocycles. The third kappa shape index (κ3) is 1.91. The van der Waals surface area contributed by atoms with Crippen molar-refractivity contribution in [3.05, 3.63) is 17.3 Å². The third-order valence-electron chi connectivity index (χ3n) is 3.90. The predicted octanol–water partition coefficient (Wildman–Crippen LogP) is 1.61. The summed E-state index contributed by atoms with van der Waals surface area (Å²) in [6.07, 6.45) is 2.75. The topological polar surface area (TPSA) is 66.7 Å². The van der Waals surface area contributed by atoms with Crippen LogP contribution in [0.3, 0.4) is 0 Å². The van der Waals surface area contributed by atoms with Gasteiger partial charge in [-0.1, -0.05) is 0 Å². The molecular weight excluding hydrogens is 246 g/mol. The number of piperidine rings is 1. The Kier molecular flexibility index (Phi) is 2.80. The second-order valence-corrected chi connectivity index (χ2v) is 5.16. The van der Waals surface area contributed by atoms with Crippen molar-refractivity contribution in [3.63, 3.8) is 0 Å². The van der Waals surface area contributed by atoms with E-state index in [1.807, 2.05) is 13.8 Å². The van der Waals surface area contributed by atoms with E-state index in [0.717, 1.165) is 30.7 Å². The number of hydrogen-bond acceptors (Lipinski definition) is 4. The Morgan fingerprint density at radius 3 is 2.74 bits per heavy atom. The molecule has 6 heteroatoms. The molecule has 2 aliphatic rings. The summed E-state index contributed by atoms with van der Waals surface area (Å²) in [7, 11) is 0. The van der Waals surface area contributed by atoms with Gasteiger partial charge < -0.3 is 9.32 Å². The number of aromatic nitrogens is 1. The van der Waals surface area contributed by atoms with Crippen molar-refractivity contribution in [2.45, 2.75) is 45.7 Å². The van der Waals surface area contributed by atoms with Gasteiger partial charge in [0.15, 0.2) is 0 Å². The highest BCUT2D eigenvalue weighted by Gasteiger charge is 2.46. The average molecular weight is 263 g/mol. The predicted molar refractivity (Wildman–Crippen MR) is 66.3 cm³/mol. The van der Waals surface area contributed by atoms with Gasteiger partial charge in [-0.05, 0) is 33.1 Å². The van der Waals surface area contributed by atoms with E-state index in [1.165, 1.54) is 4.90 Å². The summed E-state index contributed by atoms with van der Waals surface area (Å²) in [4.78, 5) is 31.6. The van der Waals surface area contributed by atoms with Crippen molar-refractivity contribution < 1.29 is 14.0 Å². The molecule has 0 bridgehead atoms. The van der Waals surface area contributed by atoms with Gasteiger partial charge in [-0.3, -0.25) is 9.69 Å². The van der Waals surface area contributed by atoms with Crippen molar-refractivity contribution >= 4 is 11.9 Å². The lowest BCUT2D eigenvalue weighted by Gasteiger charge is -2.25. The van der Waals surface area contributed by atoms with Gasteiger partial charge in [0.2, 0.25) is 5.89 Å². The van der Waals surface area contributed by atoms with Crippen molar-refractivity contribution in [2.75, 3.05) is 6.54 Å². The molecule has 0 N–H and O–H groups in total. The number of carbonyl (C=O) groups excluding carboxylic acids is 2. The zero-order valence-electron chi connectivity index (χ0n) is 11.2. The van der Waals surface area contributed by atoms with Gasteiger partial charge in [0.05, 0.1) is 5.69 Å². The second-order valence-electron chi connectivity index (χ2n) is 5.16. The number of carbonyl (C=O) groups is 2. The number of aryl methyl sites for hydroxylation is 2. The number of hydrogen-bond donors (Lipinski definition) is 0. The van der Waals surface area contributed by atoms with Gasteiger partial charge in [-0.2, -0.15) is 0 Å². The minimum Gasteiger partial charge on any atom is -0.444 e. The van der Waals surface area contributed by atoms with E-state index in [9.17, 15) is 9.59 Å². The maximum Gasteiger partial charge on any atom is 0.327 e. The van der Waals surface area contributed by atoms with Crippen molar-refractivity contribution in [2.24, 2.45) is 0 Å². The van der Waals surface area contributed by atoms with E-state index < -0.39 is 0 Å². The van der Waals surface area contributed by atoms with E-state index in [2.05, 4.69) is 4.98 Å². The van der Waals surface area contributed by atoms with Crippen LogP contribution in [0, 0.1) is 13.8 Å². The summed E-state index contributed by atoms with van der Waals surface area (Å²) in [5.41, 5.74) is 0.798. The normalized spacial score (nSPS) is 23.2. The monoisotopic (exact) mass is 263 g/mol. The van der Waals surface area contributed by atoms with E-state index in [4.69, 9.17) is 4.42 Å². The van der Waals surface area contributed by atoms with Crippen LogP contribution in [0.25, 0.3) is 0 Å². The zero-order valence-corrected chi connectivity index (χ0v) is 11.2. The van der Waals surface area contributed by atoms with E-state index in [1.54, 1.807) is 4.90 Å². The van der Waals surface area contributed by atoms with Crippen LogP contribution >= 0.6 is 0 Å². The molecule has 19 heavy (non-hydrogen) atoms. The van der Waals surface area contributed by atoms with Crippen LogP contribution in [0.1, 0.15) is 36.6 Å². The second kappa shape index (κ2) is 4.36. The minimum absolute atomic E-state index is 0.113. The van der Waals surface area contributed by atoms with Gasteiger partial charge in [0, 0.05) is 6.54 Å². The molecule has 0 spiro atoms. The molecule has 0 radical (unpaired) electrons. The maximum absolute atomic E-state index is 12.2. The molecule has 1 atom stereocenters. The Bertz CT molecular complexity index is 494. The van der Waals surface area contributed by atoms with Crippen LogP contribution in [-0.4, -0.2) is 39.3 Å². The summed E-state index contributed by atoms with van der Waals surface area (Å²) in [6, 6.07) is -0.471. The Hall–Kier alpha value is -1.85. The Balaban J connectivity index is 1.81. The number of amides is 3. The Morgan fingerprint density at radius 1 is 1.32 bits per heavy atom. The summed E-state index contributed by atoms with van der Waals surface area (Å²) in [5.74, 6) is 1.04. The average Bonchev–Trinajstić information content (AvgIpc) is 2.84. The van der Waals surface area contributed by atoms with E-state index in [-0.39, 0.29) is 24.5 Å². The van der Waals surface area contributed by atoms with Gasteiger partial charge in [-0.25, -0.2) is 9.78 Å². The quantitative estimate of drug-likeness (QED) is 0.760. The SMILES string of the molecule is Cc1nc(CN2C(=O)[C@@H]3CCCCN3C2=O)oc1C. The van der Waals surface area contributed by atoms with Crippen LogP contribution in [0.15, 0.2) is 4.42 Å². The lowest BCUT2D eigenvalue weighted by atomic mass is 10.0. The molecule has 0 saturated carbocycles. The van der Waals surface area contributed by atoms with E-state index in [0.29, 0.717) is 12.4 Å². The molecule has 1 aromatic rings. The smallest absolute Gasteiger partial charge is 0.327 e. The van der Waals surface area contributed by atoms with Crippen molar-refractivity contribution in [1.82, 2.24) is 14.8 Å². The molecule has 0 aliphatic carbocycles. The van der Waals surface area contributed by atoms with Crippen LogP contribution < -0.4 is 0 Å². The van der Waals surface area contributed by atoms with Gasteiger partial charge >= 0.3 is 6.03 Å². The molecule has 2 aliphatic heterocycles. The molecule has 1 aromatic heterocycles. The fourth-order valence-corrected chi connectivity index (χ4v) is 2.73. The largest absolute Gasteiger partial charge is 0.444 e. The molecular formula is C13H17N3O3. The molecule has 6 nitrogen and oxygen atoms in total. The van der Waals surface area contributed by atoms with E-state index >= 15 is 0 Å². The van der Waals surface area contributed by atoms with Crippen LogP contribution in [-0.2, 0) is 11.3 Å². The lowest BCUT2D eigenvalue weighted by molar-refractivity contribution is -0.129. The molecule has 3 rings (SSSR count). The van der Waals surface area contributed by atoms with Gasteiger partial charge in [0.1, 0.15) is 18.3 Å².